The molecule has 0 aliphatic rings. The summed E-state index contributed by atoms with van der Waals surface area (Å²) in [5.41, 5.74) is 0. The van der Waals surface area contributed by atoms with Gasteiger partial charge in [-0.25, -0.2) is 0 Å². The lowest BCUT2D eigenvalue weighted by atomic mass is 10.3. The first-order valence-corrected chi connectivity index (χ1v) is 4.32. The minimum atomic E-state index is -0.0647. The van der Waals surface area contributed by atoms with E-state index in [0.717, 1.165) is 16.7 Å². The number of carbonyl (C=O) groups excluding carboxylic acids is 1. The highest BCUT2D eigenvalue weighted by molar-refractivity contribution is 8.03. The van der Waals surface area contributed by atoms with Crippen molar-refractivity contribution in [2.45, 2.75) is 4.90 Å². The average Bonchev–Trinajstić information content (AvgIpc) is 2.17. The SMILES string of the molecule is N#CSc1ccc(OC[C]=O)cc1. The first kappa shape index (κ1) is 9.62. The minimum absolute atomic E-state index is 0.0647. The van der Waals surface area contributed by atoms with Gasteiger partial charge in [0.1, 0.15) is 11.2 Å². The van der Waals surface area contributed by atoms with Crippen LogP contribution in [-0.2, 0) is 4.79 Å². The summed E-state index contributed by atoms with van der Waals surface area (Å²) < 4.78 is 4.97. The molecule has 0 bridgehead atoms. The number of nitriles is 1. The highest BCUT2D eigenvalue weighted by Gasteiger charge is 1.94. The standard InChI is InChI=1S/C9H6NO2S/c10-7-13-9-3-1-8(2-4-9)12-6-5-11/h1-4H,6H2. The fourth-order valence-electron chi connectivity index (χ4n) is 0.769. The molecule has 13 heavy (non-hydrogen) atoms. The van der Waals surface area contributed by atoms with Crippen molar-refractivity contribution in [3.05, 3.63) is 24.3 Å². The molecule has 0 N–H and O–H groups in total. The van der Waals surface area contributed by atoms with E-state index in [9.17, 15) is 4.79 Å². The Labute approximate surface area is 80.3 Å². The molecule has 0 heterocycles. The van der Waals surface area contributed by atoms with Crippen LogP contribution in [0.2, 0.25) is 0 Å². The van der Waals surface area contributed by atoms with E-state index in [0.29, 0.717) is 5.75 Å². The zero-order valence-corrected chi connectivity index (χ0v) is 7.50. The molecule has 3 nitrogen and oxygen atoms in total. The van der Waals surface area contributed by atoms with Gasteiger partial charge in [-0.15, -0.1) is 0 Å². The van der Waals surface area contributed by atoms with E-state index in [4.69, 9.17) is 10.00 Å². The first-order chi connectivity index (χ1) is 6.36. The molecule has 0 aromatic heterocycles. The van der Waals surface area contributed by atoms with Crippen molar-refractivity contribution in [3.8, 4) is 11.2 Å². The maximum Gasteiger partial charge on any atom is 0.239 e. The maximum absolute atomic E-state index is 9.85. The van der Waals surface area contributed by atoms with Gasteiger partial charge in [-0.2, -0.15) is 5.26 Å². The van der Waals surface area contributed by atoms with Crippen LogP contribution in [0.5, 0.6) is 5.75 Å². The molecule has 0 spiro atoms. The normalized spacial score (nSPS) is 8.85. The van der Waals surface area contributed by atoms with E-state index in [1.165, 1.54) is 0 Å². The molecule has 0 saturated heterocycles. The van der Waals surface area contributed by atoms with Crippen molar-refractivity contribution in [2.24, 2.45) is 0 Å². The van der Waals surface area contributed by atoms with Crippen LogP contribution in [0.25, 0.3) is 0 Å². The van der Waals surface area contributed by atoms with E-state index >= 15 is 0 Å². The third kappa shape index (κ3) is 3.18. The minimum Gasteiger partial charge on any atom is -0.485 e. The van der Waals surface area contributed by atoms with Gasteiger partial charge in [0.15, 0.2) is 6.61 Å². The number of thioether (sulfide) groups is 1. The summed E-state index contributed by atoms with van der Waals surface area (Å²) in [5.74, 6) is 0.602. The number of ether oxygens (including phenoxy) is 1. The lowest BCUT2D eigenvalue weighted by molar-refractivity contribution is 0.364. The zero-order valence-electron chi connectivity index (χ0n) is 6.69. The molecule has 0 aliphatic carbocycles. The fourth-order valence-corrected chi connectivity index (χ4v) is 1.15. The number of rotatable bonds is 4. The third-order valence-electron chi connectivity index (χ3n) is 1.28. The molecule has 65 valence electrons. The van der Waals surface area contributed by atoms with E-state index in [2.05, 4.69) is 0 Å². The lowest BCUT2D eigenvalue weighted by Crippen LogP contribution is -1.96. The molecule has 1 rings (SSSR count). The van der Waals surface area contributed by atoms with Gasteiger partial charge < -0.3 is 4.74 Å². The lowest BCUT2D eigenvalue weighted by Gasteiger charge is -2.00. The second-order valence-corrected chi connectivity index (χ2v) is 2.96. The monoisotopic (exact) mass is 192 g/mol. The molecule has 0 saturated carbocycles. The smallest absolute Gasteiger partial charge is 0.239 e. The second-order valence-electron chi connectivity index (χ2n) is 2.10. The van der Waals surface area contributed by atoms with E-state index in [1.54, 1.807) is 30.6 Å². The molecule has 1 radical (unpaired) electrons. The molecule has 1 aromatic rings. The average molecular weight is 192 g/mol. The molecule has 4 heteroatoms. The van der Waals surface area contributed by atoms with Crippen molar-refractivity contribution < 1.29 is 9.53 Å². The van der Waals surface area contributed by atoms with Crippen LogP contribution in [0.15, 0.2) is 29.2 Å². The molecule has 0 aliphatic heterocycles. The molecular weight excluding hydrogens is 186 g/mol. The first-order valence-electron chi connectivity index (χ1n) is 3.50. The summed E-state index contributed by atoms with van der Waals surface area (Å²) in [4.78, 5) is 10.7. The Hall–Kier alpha value is -1.47. The molecule has 0 fully saturated rings. The Morgan fingerprint density at radius 2 is 2.08 bits per heavy atom. The van der Waals surface area contributed by atoms with Gasteiger partial charge in [-0.1, -0.05) is 0 Å². The van der Waals surface area contributed by atoms with E-state index in [-0.39, 0.29) is 6.61 Å². The predicted molar refractivity (Wildman–Crippen MR) is 49.1 cm³/mol. The van der Waals surface area contributed by atoms with Crippen molar-refractivity contribution >= 4 is 18.0 Å². The third-order valence-corrected chi connectivity index (χ3v) is 1.88. The zero-order chi connectivity index (χ0) is 9.52. The summed E-state index contributed by atoms with van der Waals surface area (Å²) in [7, 11) is 0. The van der Waals surface area contributed by atoms with Crippen molar-refractivity contribution in [1.29, 1.82) is 5.26 Å². The number of nitrogens with zero attached hydrogens (tertiary/aromatic N) is 1. The van der Waals surface area contributed by atoms with Gasteiger partial charge in [0.25, 0.3) is 0 Å². The van der Waals surface area contributed by atoms with E-state index in [1.807, 2.05) is 5.40 Å². The van der Waals surface area contributed by atoms with Crippen molar-refractivity contribution in [2.75, 3.05) is 6.61 Å². The largest absolute Gasteiger partial charge is 0.485 e. The van der Waals surface area contributed by atoms with Crippen LogP contribution in [0.1, 0.15) is 0 Å². The Morgan fingerprint density at radius 1 is 1.38 bits per heavy atom. The van der Waals surface area contributed by atoms with Gasteiger partial charge in [-0.05, 0) is 36.0 Å². The van der Waals surface area contributed by atoms with Gasteiger partial charge in [0, 0.05) is 4.90 Å². The molecular formula is C9H6NO2S. The highest BCUT2D eigenvalue weighted by atomic mass is 32.2. The fraction of sp³-hybridized carbons (Fsp3) is 0.111. The molecule has 0 unspecified atom stereocenters. The summed E-state index contributed by atoms with van der Waals surface area (Å²) in [6, 6.07) is 6.93. The molecule has 1 aromatic carbocycles. The Kier molecular flexibility index (Phi) is 3.86. The van der Waals surface area contributed by atoms with Gasteiger partial charge in [-0.3, -0.25) is 4.79 Å². The number of hydrogen-bond donors (Lipinski definition) is 0. The maximum atomic E-state index is 9.85. The summed E-state index contributed by atoms with van der Waals surface area (Å²) >= 11 is 1.08. The van der Waals surface area contributed by atoms with Crippen LogP contribution >= 0.6 is 11.8 Å². The van der Waals surface area contributed by atoms with Crippen molar-refractivity contribution in [3.63, 3.8) is 0 Å². The molecule has 0 amide bonds. The number of benzene rings is 1. The summed E-state index contributed by atoms with van der Waals surface area (Å²) in [5, 5.41) is 10.3. The molecule has 0 atom stereocenters. The second kappa shape index (κ2) is 5.22. The Morgan fingerprint density at radius 3 is 2.62 bits per heavy atom. The van der Waals surface area contributed by atoms with Crippen molar-refractivity contribution in [1.82, 2.24) is 0 Å². The van der Waals surface area contributed by atoms with Gasteiger partial charge >= 0.3 is 0 Å². The van der Waals surface area contributed by atoms with Crippen LogP contribution in [0.3, 0.4) is 0 Å². The number of thiocyanates is 1. The number of hydrogen-bond acceptors (Lipinski definition) is 4. The topological polar surface area (TPSA) is 50.1 Å². The van der Waals surface area contributed by atoms with Crippen LogP contribution in [-0.4, -0.2) is 12.9 Å². The summed E-state index contributed by atoms with van der Waals surface area (Å²) in [6.45, 7) is -0.0647. The van der Waals surface area contributed by atoms with E-state index < -0.39 is 0 Å². The Bertz CT molecular complexity index is 315. The van der Waals surface area contributed by atoms with Crippen LogP contribution in [0.4, 0.5) is 0 Å². The Balaban J connectivity index is 2.59. The van der Waals surface area contributed by atoms with Gasteiger partial charge in [0.2, 0.25) is 6.29 Å². The predicted octanol–water partition coefficient (Wildman–Crippen LogP) is 1.75. The summed E-state index contributed by atoms with van der Waals surface area (Å²) in [6.07, 6.45) is 1.63. The quantitative estimate of drug-likeness (QED) is 0.538. The highest BCUT2D eigenvalue weighted by Crippen LogP contribution is 2.19. The van der Waals surface area contributed by atoms with Gasteiger partial charge in [0.05, 0.1) is 0 Å². The van der Waals surface area contributed by atoms with Crippen LogP contribution in [0, 0.1) is 10.7 Å². The van der Waals surface area contributed by atoms with Crippen LogP contribution < -0.4 is 4.74 Å².